The van der Waals surface area contributed by atoms with E-state index in [1.54, 1.807) is 12.1 Å². The van der Waals surface area contributed by atoms with Crippen molar-refractivity contribution in [1.29, 1.82) is 0 Å². The van der Waals surface area contributed by atoms with Crippen LogP contribution in [0.3, 0.4) is 0 Å². The Kier molecular flexibility index (Phi) is 4.24. The van der Waals surface area contributed by atoms with Gasteiger partial charge in [0, 0.05) is 32.7 Å². The van der Waals surface area contributed by atoms with Gasteiger partial charge in [-0.1, -0.05) is 12.1 Å². The standard InChI is InChI=1S/C13H16F3N2/c14-13(15,16)12-3-1-11(2-4-12)5-8-18-9-6-17-7-10-18/h1-4H,5-10H2. The lowest BCUT2D eigenvalue weighted by molar-refractivity contribution is -0.137. The van der Waals surface area contributed by atoms with Gasteiger partial charge in [0.2, 0.25) is 0 Å². The van der Waals surface area contributed by atoms with Crippen LogP contribution in [0, 0.1) is 0 Å². The molecule has 0 bridgehead atoms. The molecule has 0 spiro atoms. The molecule has 2 nitrogen and oxygen atoms in total. The summed E-state index contributed by atoms with van der Waals surface area (Å²) >= 11 is 0. The molecule has 1 aromatic carbocycles. The minimum Gasteiger partial charge on any atom is -0.300 e. The van der Waals surface area contributed by atoms with Crippen LogP contribution in [0.2, 0.25) is 0 Å². The second kappa shape index (κ2) is 5.71. The Hall–Kier alpha value is -1.07. The number of halogens is 3. The van der Waals surface area contributed by atoms with E-state index < -0.39 is 11.7 Å². The molecule has 1 saturated heterocycles. The zero-order valence-corrected chi connectivity index (χ0v) is 10.1. The van der Waals surface area contributed by atoms with E-state index in [4.69, 9.17) is 0 Å². The summed E-state index contributed by atoms with van der Waals surface area (Å²) in [6.45, 7) is 4.54. The predicted molar refractivity (Wildman–Crippen MR) is 63.5 cm³/mol. The lowest BCUT2D eigenvalue weighted by Crippen LogP contribution is -2.41. The average Bonchev–Trinajstić information content (AvgIpc) is 2.37. The zero-order chi connectivity index (χ0) is 13.0. The second-order valence-corrected chi connectivity index (χ2v) is 4.46. The zero-order valence-electron chi connectivity index (χ0n) is 10.1. The third-order valence-electron chi connectivity index (χ3n) is 3.15. The number of hydrogen-bond donors (Lipinski definition) is 0. The molecule has 1 heterocycles. The van der Waals surface area contributed by atoms with Gasteiger partial charge in [-0.2, -0.15) is 13.2 Å². The van der Waals surface area contributed by atoms with Crippen LogP contribution in [0.4, 0.5) is 13.2 Å². The van der Waals surface area contributed by atoms with Crippen LogP contribution >= 0.6 is 0 Å². The predicted octanol–water partition coefficient (Wildman–Crippen LogP) is 2.17. The Morgan fingerprint density at radius 2 is 1.67 bits per heavy atom. The topological polar surface area (TPSA) is 17.3 Å². The molecule has 99 valence electrons. The van der Waals surface area contributed by atoms with Gasteiger partial charge in [-0.25, -0.2) is 5.32 Å². The van der Waals surface area contributed by atoms with Crippen LogP contribution in [-0.4, -0.2) is 37.6 Å². The Labute approximate surface area is 105 Å². The molecule has 1 aromatic rings. The molecule has 1 aliphatic heterocycles. The van der Waals surface area contributed by atoms with E-state index in [0.29, 0.717) is 0 Å². The van der Waals surface area contributed by atoms with Crippen LogP contribution < -0.4 is 5.32 Å². The molecular weight excluding hydrogens is 241 g/mol. The van der Waals surface area contributed by atoms with Gasteiger partial charge in [0.15, 0.2) is 0 Å². The highest BCUT2D eigenvalue weighted by Gasteiger charge is 2.29. The molecule has 1 aliphatic rings. The first kappa shape index (κ1) is 13.4. The first-order valence-corrected chi connectivity index (χ1v) is 6.07. The molecule has 0 unspecified atom stereocenters. The SMILES string of the molecule is FC(F)(F)c1ccc(CCN2CC[N]CC2)cc1. The highest BCUT2D eigenvalue weighted by atomic mass is 19.4. The fourth-order valence-corrected chi connectivity index (χ4v) is 2.02. The smallest absolute Gasteiger partial charge is 0.300 e. The van der Waals surface area contributed by atoms with Crippen molar-refractivity contribution in [2.45, 2.75) is 12.6 Å². The summed E-state index contributed by atoms with van der Waals surface area (Å²) < 4.78 is 37.1. The summed E-state index contributed by atoms with van der Waals surface area (Å²) in [7, 11) is 0. The molecule has 1 radical (unpaired) electrons. The van der Waals surface area contributed by atoms with Crippen LogP contribution in [0.5, 0.6) is 0 Å². The van der Waals surface area contributed by atoms with Crippen LogP contribution in [0.1, 0.15) is 11.1 Å². The summed E-state index contributed by atoms with van der Waals surface area (Å²) in [5.41, 5.74) is 0.369. The van der Waals surface area contributed by atoms with Gasteiger partial charge in [-0.3, -0.25) is 0 Å². The highest BCUT2D eigenvalue weighted by molar-refractivity contribution is 5.24. The summed E-state index contributed by atoms with van der Waals surface area (Å²) in [4.78, 5) is 2.30. The van der Waals surface area contributed by atoms with Gasteiger partial charge in [0.1, 0.15) is 0 Å². The maximum absolute atomic E-state index is 12.4. The van der Waals surface area contributed by atoms with E-state index >= 15 is 0 Å². The number of hydrogen-bond acceptors (Lipinski definition) is 1. The fraction of sp³-hybridized carbons (Fsp3) is 0.538. The van der Waals surface area contributed by atoms with E-state index in [-0.39, 0.29) is 0 Å². The van der Waals surface area contributed by atoms with Crippen LogP contribution in [0.25, 0.3) is 0 Å². The lowest BCUT2D eigenvalue weighted by atomic mass is 10.1. The van der Waals surface area contributed by atoms with E-state index in [0.717, 1.165) is 56.8 Å². The number of rotatable bonds is 3. The van der Waals surface area contributed by atoms with Gasteiger partial charge in [-0.15, -0.1) is 0 Å². The van der Waals surface area contributed by atoms with Crippen LogP contribution in [-0.2, 0) is 12.6 Å². The molecule has 0 atom stereocenters. The highest BCUT2D eigenvalue weighted by Crippen LogP contribution is 2.29. The van der Waals surface area contributed by atoms with Gasteiger partial charge in [0.05, 0.1) is 5.56 Å². The summed E-state index contributed by atoms with van der Waals surface area (Å²) in [5, 5.41) is 4.25. The maximum atomic E-state index is 12.4. The number of nitrogens with zero attached hydrogens (tertiary/aromatic N) is 2. The Morgan fingerprint density at radius 3 is 2.22 bits per heavy atom. The van der Waals surface area contributed by atoms with Crippen LogP contribution in [0.15, 0.2) is 24.3 Å². The molecule has 2 rings (SSSR count). The van der Waals surface area contributed by atoms with Crippen molar-refractivity contribution in [3.63, 3.8) is 0 Å². The molecule has 0 aliphatic carbocycles. The Balaban J connectivity index is 1.86. The molecular formula is C13H16F3N2. The summed E-state index contributed by atoms with van der Waals surface area (Å²) in [5.74, 6) is 0. The average molecular weight is 257 g/mol. The van der Waals surface area contributed by atoms with Crippen molar-refractivity contribution in [3.05, 3.63) is 35.4 Å². The summed E-state index contributed by atoms with van der Waals surface area (Å²) in [6, 6.07) is 5.44. The van der Waals surface area contributed by atoms with E-state index in [1.165, 1.54) is 0 Å². The molecule has 18 heavy (non-hydrogen) atoms. The minimum absolute atomic E-state index is 0.581. The number of alkyl halides is 3. The van der Waals surface area contributed by atoms with Crippen molar-refractivity contribution in [2.75, 3.05) is 32.7 Å². The third kappa shape index (κ3) is 3.71. The normalized spacial score (nSPS) is 17.9. The quantitative estimate of drug-likeness (QED) is 0.811. The molecule has 1 fully saturated rings. The van der Waals surface area contributed by atoms with Crippen molar-refractivity contribution < 1.29 is 13.2 Å². The van der Waals surface area contributed by atoms with Crippen molar-refractivity contribution >= 4 is 0 Å². The molecule has 0 N–H and O–H groups in total. The second-order valence-electron chi connectivity index (χ2n) is 4.46. The van der Waals surface area contributed by atoms with Crippen molar-refractivity contribution in [2.24, 2.45) is 0 Å². The lowest BCUT2D eigenvalue weighted by Gasteiger charge is -2.26. The van der Waals surface area contributed by atoms with E-state index in [2.05, 4.69) is 10.2 Å². The van der Waals surface area contributed by atoms with E-state index in [1.807, 2.05) is 0 Å². The molecule has 5 heteroatoms. The van der Waals surface area contributed by atoms with Gasteiger partial charge in [-0.05, 0) is 24.1 Å². The molecule has 0 aromatic heterocycles. The molecule has 0 saturated carbocycles. The first-order chi connectivity index (χ1) is 8.55. The monoisotopic (exact) mass is 257 g/mol. The number of piperazine rings is 1. The largest absolute Gasteiger partial charge is 0.416 e. The Morgan fingerprint density at radius 1 is 1.06 bits per heavy atom. The van der Waals surface area contributed by atoms with Gasteiger partial charge in [0.25, 0.3) is 0 Å². The third-order valence-corrected chi connectivity index (χ3v) is 3.15. The van der Waals surface area contributed by atoms with Crippen molar-refractivity contribution in [1.82, 2.24) is 10.2 Å². The minimum atomic E-state index is -4.24. The fourth-order valence-electron chi connectivity index (χ4n) is 2.02. The first-order valence-electron chi connectivity index (χ1n) is 6.07. The van der Waals surface area contributed by atoms with Gasteiger partial charge < -0.3 is 4.90 Å². The van der Waals surface area contributed by atoms with Crippen molar-refractivity contribution in [3.8, 4) is 0 Å². The van der Waals surface area contributed by atoms with Gasteiger partial charge >= 0.3 is 6.18 Å². The number of benzene rings is 1. The Bertz CT molecular complexity index is 367. The summed E-state index contributed by atoms with van der Waals surface area (Å²) in [6.07, 6.45) is -3.45. The molecule has 0 amide bonds. The van der Waals surface area contributed by atoms with E-state index in [9.17, 15) is 13.2 Å². The maximum Gasteiger partial charge on any atom is 0.416 e.